The van der Waals surface area contributed by atoms with E-state index in [0.717, 1.165) is 11.1 Å². The summed E-state index contributed by atoms with van der Waals surface area (Å²) in [6, 6.07) is 15.0. The molecule has 2 atom stereocenters. The Bertz CT molecular complexity index is 863. The number of rotatable bonds is 10. The van der Waals surface area contributed by atoms with E-state index in [-0.39, 0.29) is 18.4 Å². The van der Waals surface area contributed by atoms with Gasteiger partial charge in [0.2, 0.25) is 5.91 Å². The van der Waals surface area contributed by atoms with Crippen molar-refractivity contribution in [3.05, 3.63) is 71.3 Å². The summed E-state index contributed by atoms with van der Waals surface area (Å²) in [5, 5.41) is 5.59. The molecule has 0 aliphatic rings. The van der Waals surface area contributed by atoms with Gasteiger partial charge in [0, 0.05) is 12.0 Å². The van der Waals surface area contributed by atoms with Crippen LogP contribution < -0.4 is 10.6 Å². The number of amides is 2. The fourth-order valence-corrected chi connectivity index (χ4v) is 3.07. The number of carbonyl (C=O) groups excluding carboxylic acids is 3. The molecule has 2 aromatic rings. The molecule has 0 heterocycles. The van der Waals surface area contributed by atoms with Gasteiger partial charge < -0.3 is 15.4 Å². The minimum absolute atomic E-state index is 0.168. The third-order valence-corrected chi connectivity index (χ3v) is 4.88. The standard InChI is InChI=1S/C25H32N2O4/c1-5-15-31-25(30)21(16-19-9-7-6-8-10-19)26-24(29)22(17(2)3)27-23(28)20-13-11-18(4)12-14-20/h6-14,17,21-22H,5,15-16H2,1-4H3,(H,26,29)(H,27,28). The SMILES string of the molecule is CCCOC(=O)C(Cc1ccccc1)NC(=O)C(NC(=O)c1ccc(C)cc1)C(C)C. The zero-order chi connectivity index (χ0) is 22.8. The summed E-state index contributed by atoms with van der Waals surface area (Å²) in [5.41, 5.74) is 2.43. The Balaban J connectivity index is 2.13. The number of benzene rings is 2. The van der Waals surface area contributed by atoms with Crippen molar-refractivity contribution in [3.63, 3.8) is 0 Å². The van der Waals surface area contributed by atoms with Crippen LogP contribution in [0.1, 0.15) is 48.7 Å². The molecule has 2 amide bonds. The highest BCUT2D eigenvalue weighted by atomic mass is 16.5. The zero-order valence-electron chi connectivity index (χ0n) is 18.7. The zero-order valence-corrected chi connectivity index (χ0v) is 18.7. The number of ether oxygens (including phenoxy) is 1. The number of hydrogen-bond acceptors (Lipinski definition) is 4. The summed E-state index contributed by atoms with van der Waals surface area (Å²) < 4.78 is 5.29. The maximum Gasteiger partial charge on any atom is 0.328 e. The van der Waals surface area contributed by atoms with Gasteiger partial charge in [0.05, 0.1) is 6.61 Å². The normalized spacial score (nSPS) is 12.7. The molecule has 2 N–H and O–H groups in total. The Morgan fingerprint density at radius 2 is 1.58 bits per heavy atom. The minimum Gasteiger partial charge on any atom is -0.464 e. The molecule has 0 spiro atoms. The van der Waals surface area contributed by atoms with Gasteiger partial charge in [0.15, 0.2) is 0 Å². The first-order chi connectivity index (χ1) is 14.8. The molecule has 0 aliphatic carbocycles. The molecule has 0 fully saturated rings. The molecular formula is C25H32N2O4. The number of nitrogens with one attached hydrogen (secondary N) is 2. The molecule has 0 aromatic heterocycles. The Morgan fingerprint density at radius 1 is 0.935 bits per heavy atom. The predicted molar refractivity (Wildman–Crippen MR) is 121 cm³/mol. The number of hydrogen-bond donors (Lipinski definition) is 2. The van der Waals surface area contributed by atoms with E-state index in [1.165, 1.54) is 0 Å². The summed E-state index contributed by atoms with van der Waals surface area (Å²) in [5.74, 6) is -1.39. The second-order valence-corrected chi connectivity index (χ2v) is 7.98. The number of carbonyl (C=O) groups is 3. The lowest BCUT2D eigenvalue weighted by atomic mass is 10.0. The van der Waals surface area contributed by atoms with Gasteiger partial charge in [-0.1, -0.05) is 68.8 Å². The van der Waals surface area contributed by atoms with E-state index in [9.17, 15) is 14.4 Å². The van der Waals surface area contributed by atoms with Crippen LogP contribution in [0.15, 0.2) is 54.6 Å². The second kappa shape index (κ2) is 11.9. The van der Waals surface area contributed by atoms with Gasteiger partial charge in [-0.15, -0.1) is 0 Å². The van der Waals surface area contributed by atoms with Crippen molar-refractivity contribution >= 4 is 17.8 Å². The predicted octanol–water partition coefficient (Wildman–Crippen LogP) is 3.43. The first-order valence-electron chi connectivity index (χ1n) is 10.7. The molecule has 0 saturated carbocycles. The fourth-order valence-electron chi connectivity index (χ4n) is 3.07. The first-order valence-corrected chi connectivity index (χ1v) is 10.7. The lowest BCUT2D eigenvalue weighted by Gasteiger charge is -2.25. The van der Waals surface area contributed by atoms with Crippen molar-refractivity contribution in [3.8, 4) is 0 Å². The molecular weight excluding hydrogens is 392 g/mol. The van der Waals surface area contributed by atoms with Crippen molar-refractivity contribution in [2.75, 3.05) is 6.61 Å². The third-order valence-electron chi connectivity index (χ3n) is 4.88. The Hall–Kier alpha value is -3.15. The summed E-state index contributed by atoms with van der Waals surface area (Å²) in [7, 11) is 0. The van der Waals surface area contributed by atoms with E-state index >= 15 is 0 Å². The second-order valence-electron chi connectivity index (χ2n) is 7.98. The van der Waals surface area contributed by atoms with Crippen LogP contribution in [0.3, 0.4) is 0 Å². The van der Waals surface area contributed by atoms with Crippen LogP contribution in [0.4, 0.5) is 0 Å². The molecule has 2 aromatic carbocycles. The van der Waals surface area contributed by atoms with Gasteiger partial charge in [-0.05, 0) is 37.0 Å². The van der Waals surface area contributed by atoms with E-state index in [2.05, 4.69) is 10.6 Å². The molecule has 2 unspecified atom stereocenters. The van der Waals surface area contributed by atoms with Crippen LogP contribution in [0.2, 0.25) is 0 Å². The molecule has 0 bridgehead atoms. The molecule has 0 saturated heterocycles. The van der Waals surface area contributed by atoms with Gasteiger partial charge in [0.1, 0.15) is 12.1 Å². The average molecular weight is 425 g/mol. The van der Waals surface area contributed by atoms with E-state index in [1.807, 2.05) is 70.2 Å². The molecule has 6 heteroatoms. The van der Waals surface area contributed by atoms with Gasteiger partial charge >= 0.3 is 5.97 Å². The average Bonchev–Trinajstić information content (AvgIpc) is 2.76. The van der Waals surface area contributed by atoms with Gasteiger partial charge in [-0.25, -0.2) is 4.79 Å². The van der Waals surface area contributed by atoms with E-state index in [4.69, 9.17) is 4.74 Å². The smallest absolute Gasteiger partial charge is 0.328 e. The third kappa shape index (κ3) is 7.55. The van der Waals surface area contributed by atoms with E-state index in [1.54, 1.807) is 12.1 Å². The van der Waals surface area contributed by atoms with Crippen LogP contribution in [0.5, 0.6) is 0 Å². The van der Waals surface area contributed by atoms with Crippen LogP contribution in [-0.4, -0.2) is 36.5 Å². The lowest BCUT2D eigenvalue weighted by Crippen LogP contribution is -2.54. The Kier molecular flexibility index (Phi) is 9.25. The monoisotopic (exact) mass is 424 g/mol. The van der Waals surface area contributed by atoms with E-state index < -0.39 is 24.0 Å². The fraction of sp³-hybridized carbons (Fsp3) is 0.400. The number of aryl methyl sites for hydroxylation is 1. The van der Waals surface area contributed by atoms with Gasteiger partial charge in [-0.3, -0.25) is 9.59 Å². The Labute approximate surface area is 184 Å². The van der Waals surface area contributed by atoms with Crippen molar-refractivity contribution in [1.82, 2.24) is 10.6 Å². The number of esters is 1. The molecule has 0 radical (unpaired) electrons. The van der Waals surface area contributed by atoms with Gasteiger partial charge in [-0.2, -0.15) is 0 Å². The quantitative estimate of drug-likeness (QED) is 0.573. The van der Waals surface area contributed by atoms with Crippen LogP contribution >= 0.6 is 0 Å². The maximum absolute atomic E-state index is 13.1. The van der Waals surface area contributed by atoms with Crippen LogP contribution in [0.25, 0.3) is 0 Å². The summed E-state index contributed by atoms with van der Waals surface area (Å²) in [6.07, 6.45) is 1.00. The van der Waals surface area contributed by atoms with Crippen molar-refractivity contribution in [2.24, 2.45) is 5.92 Å². The van der Waals surface area contributed by atoms with Crippen molar-refractivity contribution in [1.29, 1.82) is 0 Å². The molecule has 31 heavy (non-hydrogen) atoms. The van der Waals surface area contributed by atoms with Crippen molar-refractivity contribution < 1.29 is 19.1 Å². The highest BCUT2D eigenvalue weighted by Gasteiger charge is 2.30. The Morgan fingerprint density at radius 3 is 2.16 bits per heavy atom. The largest absolute Gasteiger partial charge is 0.464 e. The van der Waals surface area contributed by atoms with Gasteiger partial charge in [0.25, 0.3) is 5.91 Å². The maximum atomic E-state index is 13.1. The lowest BCUT2D eigenvalue weighted by molar-refractivity contribution is -0.148. The van der Waals surface area contributed by atoms with Crippen LogP contribution in [-0.2, 0) is 20.7 Å². The summed E-state index contributed by atoms with van der Waals surface area (Å²) in [4.78, 5) is 38.3. The molecule has 2 rings (SSSR count). The highest BCUT2D eigenvalue weighted by molar-refractivity contribution is 5.98. The highest BCUT2D eigenvalue weighted by Crippen LogP contribution is 2.10. The van der Waals surface area contributed by atoms with Crippen LogP contribution in [0, 0.1) is 12.8 Å². The van der Waals surface area contributed by atoms with E-state index in [0.29, 0.717) is 18.4 Å². The molecule has 166 valence electrons. The van der Waals surface area contributed by atoms with Crippen molar-refractivity contribution in [2.45, 2.75) is 52.6 Å². The minimum atomic E-state index is -0.834. The molecule has 0 aliphatic heterocycles. The molecule has 6 nitrogen and oxygen atoms in total. The topological polar surface area (TPSA) is 84.5 Å². The summed E-state index contributed by atoms with van der Waals surface area (Å²) in [6.45, 7) is 7.84. The first kappa shape index (κ1) is 24.1. The summed E-state index contributed by atoms with van der Waals surface area (Å²) >= 11 is 0.